The molecule has 0 amide bonds. The highest BCUT2D eigenvalue weighted by Gasteiger charge is 2.18. The van der Waals surface area contributed by atoms with Crippen LogP contribution in [0, 0.1) is 13.8 Å². The maximum atomic E-state index is 5.67. The van der Waals surface area contributed by atoms with Crippen LogP contribution in [-0.2, 0) is 4.74 Å². The molecule has 96 valence electrons. The second-order valence-electron chi connectivity index (χ2n) is 4.85. The predicted octanol–water partition coefficient (Wildman–Crippen LogP) is 3.75. The summed E-state index contributed by atoms with van der Waals surface area (Å²) in [7, 11) is 0. The first kappa shape index (κ1) is 12.0. The molecule has 0 unspecified atom stereocenters. The zero-order valence-corrected chi connectivity index (χ0v) is 11.3. The van der Waals surface area contributed by atoms with Gasteiger partial charge in [-0.3, -0.25) is 0 Å². The first-order valence-electron chi connectivity index (χ1n) is 6.60. The number of rotatable bonds is 2. The lowest BCUT2D eigenvalue weighted by Crippen LogP contribution is -2.06. The third kappa shape index (κ3) is 2.14. The smallest absolute Gasteiger partial charge is 0.217 e. The third-order valence-electron chi connectivity index (χ3n) is 3.51. The van der Waals surface area contributed by atoms with Crippen LogP contribution in [-0.4, -0.2) is 19.0 Å². The van der Waals surface area contributed by atoms with Crippen molar-refractivity contribution in [2.24, 2.45) is 4.99 Å². The summed E-state index contributed by atoms with van der Waals surface area (Å²) in [6.07, 6.45) is 0. The molecule has 2 aromatic carbocycles. The normalized spacial score (nSPS) is 14.1. The molecule has 19 heavy (non-hydrogen) atoms. The van der Waals surface area contributed by atoms with E-state index in [1.54, 1.807) is 0 Å². The van der Waals surface area contributed by atoms with Gasteiger partial charge in [0.15, 0.2) is 0 Å². The highest BCUT2D eigenvalue weighted by molar-refractivity contribution is 6.03. The van der Waals surface area contributed by atoms with E-state index in [2.05, 4.69) is 61.3 Å². The molecule has 3 rings (SSSR count). The van der Waals surface area contributed by atoms with Crippen LogP contribution < -0.4 is 0 Å². The van der Waals surface area contributed by atoms with Crippen molar-refractivity contribution in [3.05, 3.63) is 59.2 Å². The fourth-order valence-electron chi connectivity index (χ4n) is 2.54. The molecular weight excluding hydrogens is 234 g/mol. The van der Waals surface area contributed by atoms with E-state index in [0.29, 0.717) is 6.61 Å². The molecule has 0 radical (unpaired) electrons. The Balaban J connectivity index is 2.22. The van der Waals surface area contributed by atoms with Crippen molar-refractivity contribution in [2.75, 3.05) is 13.2 Å². The number of hydrogen-bond acceptors (Lipinski definition) is 2. The summed E-state index contributed by atoms with van der Waals surface area (Å²) in [4.78, 5) is 4.48. The zero-order valence-electron chi connectivity index (χ0n) is 11.3. The second kappa shape index (κ2) is 4.88. The Bertz CT molecular complexity index is 643. The minimum absolute atomic E-state index is 0.691. The molecule has 0 bridgehead atoms. The number of ether oxygens (including phenoxy) is 1. The monoisotopic (exact) mass is 251 g/mol. The highest BCUT2D eigenvalue weighted by Crippen LogP contribution is 2.30. The molecule has 0 fully saturated rings. The molecule has 0 aliphatic carbocycles. The van der Waals surface area contributed by atoms with E-state index in [1.807, 2.05) is 0 Å². The number of aryl methyl sites for hydroxylation is 2. The number of hydrogen-bond donors (Lipinski definition) is 0. The summed E-state index contributed by atoms with van der Waals surface area (Å²) in [6, 6.07) is 14.8. The molecule has 0 spiro atoms. The van der Waals surface area contributed by atoms with Crippen LogP contribution in [0.2, 0.25) is 0 Å². The number of aliphatic imine (C=N–C) groups is 1. The topological polar surface area (TPSA) is 21.6 Å². The van der Waals surface area contributed by atoms with Crippen molar-refractivity contribution in [1.29, 1.82) is 0 Å². The van der Waals surface area contributed by atoms with Crippen LogP contribution in [0.3, 0.4) is 0 Å². The van der Waals surface area contributed by atoms with Crippen molar-refractivity contribution in [1.82, 2.24) is 0 Å². The van der Waals surface area contributed by atoms with Crippen LogP contribution >= 0.6 is 0 Å². The van der Waals surface area contributed by atoms with E-state index in [0.717, 1.165) is 18.0 Å². The number of benzene rings is 2. The molecule has 1 aliphatic heterocycles. The maximum absolute atomic E-state index is 5.67. The minimum Gasteiger partial charge on any atom is -0.475 e. The lowest BCUT2D eigenvalue weighted by atomic mass is 9.93. The summed E-state index contributed by atoms with van der Waals surface area (Å²) < 4.78 is 5.67. The quantitative estimate of drug-likeness (QED) is 0.796. The molecule has 0 saturated heterocycles. The fraction of sp³-hybridized carbons (Fsp3) is 0.235. The molecule has 2 heteroatoms. The Labute approximate surface area is 113 Å². The molecule has 0 N–H and O–H groups in total. The van der Waals surface area contributed by atoms with Gasteiger partial charge >= 0.3 is 0 Å². The van der Waals surface area contributed by atoms with Gasteiger partial charge in [-0.25, -0.2) is 4.99 Å². The molecule has 2 nitrogen and oxygen atoms in total. The second-order valence-corrected chi connectivity index (χ2v) is 4.85. The zero-order chi connectivity index (χ0) is 13.2. The van der Waals surface area contributed by atoms with E-state index in [1.165, 1.54) is 22.3 Å². The Kier molecular flexibility index (Phi) is 3.08. The third-order valence-corrected chi connectivity index (χ3v) is 3.51. The Hall–Kier alpha value is -2.09. The predicted molar refractivity (Wildman–Crippen MR) is 78.7 cm³/mol. The average Bonchev–Trinajstić information content (AvgIpc) is 2.92. The van der Waals surface area contributed by atoms with Crippen LogP contribution in [0.5, 0.6) is 0 Å². The fourth-order valence-corrected chi connectivity index (χ4v) is 2.54. The Morgan fingerprint density at radius 3 is 2.37 bits per heavy atom. The maximum Gasteiger partial charge on any atom is 0.217 e. The van der Waals surface area contributed by atoms with E-state index >= 15 is 0 Å². The summed E-state index contributed by atoms with van der Waals surface area (Å²) in [5, 5.41) is 0. The highest BCUT2D eigenvalue weighted by atomic mass is 16.5. The van der Waals surface area contributed by atoms with Crippen LogP contribution in [0.15, 0.2) is 47.5 Å². The summed E-state index contributed by atoms with van der Waals surface area (Å²) >= 11 is 0. The van der Waals surface area contributed by atoms with Crippen molar-refractivity contribution in [2.45, 2.75) is 13.8 Å². The lowest BCUT2D eigenvalue weighted by Gasteiger charge is -2.14. The minimum atomic E-state index is 0.691. The Morgan fingerprint density at radius 2 is 1.63 bits per heavy atom. The van der Waals surface area contributed by atoms with Gasteiger partial charge in [-0.1, -0.05) is 42.5 Å². The summed E-state index contributed by atoms with van der Waals surface area (Å²) in [5.41, 5.74) is 6.07. The molecule has 1 heterocycles. The van der Waals surface area contributed by atoms with Gasteiger partial charge in [0, 0.05) is 5.56 Å². The van der Waals surface area contributed by atoms with Gasteiger partial charge in [-0.05, 0) is 36.1 Å². The van der Waals surface area contributed by atoms with Crippen LogP contribution in [0.1, 0.15) is 16.7 Å². The molecule has 0 aromatic heterocycles. The summed E-state index contributed by atoms with van der Waals surface area (Å²) in [6.45, 7) is 5.70. The van der Waals surface area contributed by atoms with Gasteiger partial charge in [-0.15, -0.1) is 0 Å². The van der Waals surface area contributed by atoms with Crippen molar-refractivity contribution >= 4 is 5.90 Å². The Morgan fingerprint density at radius 1 is 0.895 bits per heavy atom. The number of nitrogens with zero attached hydrogens (tertiary/aromatic N) is 1. The summed E-state index contributed by atoms with van der Waals surface area (Å²) in [5.74, 6) is 0.788. The van der Waals surface area contributed by atoms with E-state index in [9.17, 15) is 0 Å². The van der Waals surface area contributed by atoms with Crippen LogP contribution in [0.25, 0.3) is 11.1 Å². The lowest BCUT2D eigenvalue weighted by molar-refractivity contribution is 0.348. The SMILES string of the molecule is Cc1ccccc1-c1cccc(C)c1C1=NCCO1. The van der Waals surface area contributed by atoms with Crippen LogP contribution in [0.4, 0.5) is 0 Å². The molecule has 0 saturated carbocycles. The molecular formula is C17H17NO. The largest absolute Gasteiger partial charge is 0.475 e. The first-order valence-corrected chi connectivity index (χ1v) is 6.60. The van der Waals surface area contributed by atoms with Gasteiger partial charge in [0.25, 0.3) is 0 Å². The average molecular weight is 251 g/mol. The molecule has 2 aromatic rings. The van der Waals surface area contributed by atoms with Crippen molar-refractivity contribution < 1.29 is 4.74 Å². The van der Waals surface area contributed by atoms with Gasteiger partial charge in [-0.2, -0.15) is 0 Å². The van der Waals surface area contributed by atoms with Gasteiger partial charge in [0.05, 0.1) is 6.54 Å². The van der Waals surface area contributed by atoms with E-state index in [4.69, 9.17) is 4.74 Å². The van der Waals surface area contributed by atoms with Crippen molar-refractivity contribution in [3.63, 3.8) is 0 Å². The van der Waals surface area contributed by atoms with E-state index in [-0.39, 0.29) is 0 Å². The molecule has 0 atom stereocenters. The first-order chi connectivity index (χ1) is 9.27. The van der Waals surface area contributed by atoms with Gasteiger partial charge in [0.1, 0.15) is 6.61 Å². The molecule has 1 aliphatic rings. The van der Waals surface area contributed by atoms with E-state index < -0.39 is 0 Å². The van der Waals surface area contributed by atoms with Crippen molar-refractivity contribution in [3.8, 4) is 11.1 Å². The standard InChI is InChI=1S/C17H17NO/c1-12-6-3-4-8-14(12)15-9-5-7-13(2)16(15)17-18-10-11-19-17/h3-9H,10-11H2,1-2H3. The van der Waals surface area contributed by atoms with Gasteiger partial charge in [0.2, 0.25) is 5.90 Å². The van der Waals surface area contributed by atoms with Gasteiger partial charge < -0.3 is 4.74 Å².